The van der Waals surface area contributed by atoms with Crippen molar-refractivity contribution in [3.05, 3.63) is 70.3 Å². The van der Waals surface area contributed by atoms with Crippen LogP contribution >= 0.6 is 11.6 Å². The molecule has 2 nitrogen and oxygen atoms in total. The molecule has 1 unspecified atom stereocenters. The van der Waals surface area contributed by atoms with Gasteiger partial charge in [0.25, 0.3) is 5.91 Å². The molecule has 0 bridgehead atoms. The average Bonchev–Trinajstić information content (AvgIpc) is 2.44. The monoisotopic (exact) mass is 301 g/mol. The molecule has 2 aromatic rings. The van der Waals surface area contributed by atoms with E-state index in [2.05, 4.69) is 5.32 Å². The van der Waals surface area contributed by atoms with Crippen molar-refractivity contribution in [3.63, 3.8) is 0 Å². The molecule has 0 heterocycles. The fraction of sp³-hybridized carbons (Fsp3) is 0.278. The Labute approximate surface area is 131 Å². The Morgan fingerprint density at radius 1 is 1.10 bits per heavy atom. The molecule has 0 fully saturated rings. The minimum atomic E-state index is -0.221. The van der Waals surface area contributed by atoms with Gasteiger partial charge < -0.3 is 5.32 Å². The Balaban J connectivity index is 2.06. The van der Waals surface area contributed by atoms with Crippen LogP contribution in [0.15, 0.2) is 42.5 Å². The van der Waals surface area contributed by atoms with Crippen LogP contribution in [0.3, 0.4) is 0 Å². The summed E-state index contributed by atoms with van der Waals surface area (Å²) in [5.74, 6) is -0.0634. The normalized spacial score (nSPS) is 12.0. The molecule has 21 heavy (non-hydrogen) atoms. The van der Waals surface area contributed by atoms with E-state index in [0.29, 0.717) is 6.54 Å². The van der Waals surface area contributed by atoms with Gasteiger partial charge in [-0.3, -0.25) is 4.79 Å². The minimum absolute atomic E-state index is 0.0634. The summed E-state index contributed by atoms with van der Waals surface area (Å²) < 4.78 is 0. The van der Waals surface area contributed by atoms with Gasteiger partial charge >= 0.3 is 0 Å². The van der Waals surface area contributed by atoms with Crippen LogP contribution in [0, 0.1) is 20.8 Å². The molecule has 0 aromatic heterocycles. The van der Waals surface area contributed by atoms with E-state index in [-0.39, 0.29) is 11.3 Å². The van der Waals surface area contributed by atoms with Gasteiger partial charge in [0.2, 0.25) is 0 Å². The number of alkyl halides is 1. The number of rotatable bonds is 4. The van der Waals surface area contributed by atoms with Crippen molar-refractivity contribution in [1.29, 1.82) is 0 Å². The first-order chi connectivity index (χ1) is 9.99. The quantitative estimate of drug-likeness (QED) is 0.837. The highest BCUT2D eigenvalue weighted by Crippen LogP contribution is 2.20. The lowest BCUT2D eigenvalue weighted by atomic mass is 9.99. The standard InChI is InChI=1S/C18H20ClNO/c1-12-9-13(2)17(14(3)10-12)18(21)20-11-16(19)15-7-5-4-6-8-15/h4-10,16H,11H2,1-3H3,(H,20,21). The zero-order valence-electron chi connectivity index (χ0n) is 12.6. The molecule has 0 spiro atoms. The smallest absolute Gasteiger partial charge is 0.251 e. The summed E-state index contributed by atoms with van der Waals surface area (Å²) in [6.45, 7) is 6.37. The SMILES string of the molecule is Cc1cc(C)c(C(=O)NCC(Cl)c2ccccc2)c(C)c1. The Morgan fingerprint density at radius 3 is 2.24 bits per heavy atom. The van der Waals surface area contributed by atoms with Crippen LogP contribution < -0.4 is 5.32 Å². The highest BCUT2D eigenvalue weighted by Gasteiger charge is 2.14. The molecule has 110 valence electrons. The van der Waals surface area contributed by atoms with Crippen LogP contribution in [-0.2, 0) is 0 Å². The molecule has 0 aliphatic rings. The topological polar surface area (TPSA) is 29.1 Å². The van der Waals surface area contributed by atoms with Crippen molar-refractivity contribution in [2.24, 2.45) is 0 Å². The summed E-state index contributed by atoms with van der Waals surface area (Å²) >= 11 is 6.33. The second kappa shape index (κ2) is 6.77. The van der Waals surface area contributed by atoms with Crippen molar-refractivity contribution in [2.45, 2.75) is 26.1 Å². The molecule has 1 atom stereocenters. The van der Waals surface area contributed by atoms with Gasteiger partial charge in [-0.25, -0.2) is 0 Å². The van der Waals surface area contributed by atoms with Gasteiger partial charge in [0, 0.05) is 12.1 Å². The zero-order valence-corrected chi connectivity index (χ0v) is 13.4. The summed E-state index contributed by atoms with van der Waals surface area (Å²) in [5.41, 5.74) is 4.92. The summed E-state index contributed by atoms with van der Waals surface area (Å²) in [7, 11) is 0. The van der Waals surface area contributed by atoms with Gasteiger partial charge in [-0.2, -0.15) is 0 Å². The van der Waals surface area contributed by atoms with Crippen molar-refractivity contribution >= 4 is 17.5 Å². The maximum absolute atomic E-state index is 12.4. The third-order valence-corrected chi connectivity index (χ3v) is 3.91. The Morgan fingerprint density at radius 2 is 1.67 bits per heavy atom. The largest absolute Gasteiger partial charge is 0.350 e. The number of carbonyl (C=O) groups is 1. The average molecular weight is 302 g/mol. The van der Waals surface area contributed by atoms with Crippen LogP contribution in [0.25, 0.3) is 0 Å². The van der Waals surface area contributed by atoms with Gasteiger partial charge in [0.05, 0.1) is 5.38 Å². The molecule has 0 radical (unpaired) electrons. The van der Waals surface area contributed by atoms with Gasteiger partial charge in [0.15, 0.2) is 0 Å². The predicted molar refractivity (Wildman–Crippen MR) is 88.0 cm³/mol. The van der Waals surface area contributed by atoms with Gasteiger partial charge in [-0.1, -0.05) is 48.0 Å². The van der Waals surface area contributed by atoms with Crippen molar-refractivity contribution in [1.82, 2.24) is 5.32 Å². The molecule has 2 aromatic carbocycles. The van der Waals surface area contributed by atoms with Crippen LogP contribution in [0.4, 0.5) is 0 Å². The lowest BCUT2D eigenvalue weighted by molar-refractivity contribution is 0.0952. The van der Waals surface area contributed by atoms with E-state index in [9.17, 15) is 4.79 Å². The minimum Gasteiger partial charge on any atom is -0.350 e. The highest BCUT2D eigenvalue weighted by molar-refractivity contribution is 6.21. The van der Waals surface area contributed by atoms with Crippen LogP contribution in [0.2, 0.25) is 0 Å². The molecule has 3 heteroatoms. The second-order valence-electron chi connectivity index (χ2n) is 5.36. The molecule has 0 saturated carbocycles. The maximum Gasteiger partial charge on any atom is 0.251 e. The van der Waals surface area contributed by atoms with Crippen molar-refractivity contribution < 1.29 is 4.79 Å². The molecular weight excluding hydrogens is 282 g/mol. The first-order valence-electron chi connectivity index (χ1n) is 7.04. The maximum atomic E-state index is 12.4. The van der Waals surface area contributed by atoms with Crippen molar-refractivity contribution in [2.75, 3.05) is 6.54 Å². The third-order valence-electron chi connectivity index (χ3n) is 3.51. The van der Waals surface area contributed by atoms with E-state index in [1.54, 1.807) is 0 Å². The van der Waals surface area contributed by atoms with E-state index in [0.717, 1.165) is 22.3 Å². The number of hydrogen-bond donors (Lipinski definition) is 1. The number of carbonyl (C=O) groups excluding carboxylic acids is 1. The summed E-state index contributed by atoms with van der Waals surface area (Å²) in [6.07, 6.45) is 0. The van der Waals surface area contributed by atoms with E-state index < -0.39 is 0 Å². The molecule has 0 aliphatic heterocycles. The van der Waals surface area contributed by atoms with Gasteiger partial charge in [-0.15, -0.1) is 11.6 Å². The second-order valence-corrected chi connectivity index (χ2v) is 5.89. The van der Waals surface area contributed by atoms with E-state index >= 15 is 0 Å². The number of halogens is 1. The molecule has 0 aliphatic carbocycles. The molecule has 2 rings (SSSR count). The van der Waals surface area contributed by atoms with E-state index in [1.807, 2.05) is 63.2 Å². The molecule has 1 N–H and O–H groups in total. The predicted octanol–water partition coefficient (Wildman–Crippen LogP) is 4.32. The first kappa shape index (κ1) is 15.6. The fourth-order valence-electron chi connectivity index (χ4n) is 2.59. The summed E-state index contributed by atoms with van der Waals surface area (Å²) in [4.78, 5) is 12.4. The number of benzene rings is 2. The zero-order chi connectivity index (χ0) is 15.4. The molecular formula is C18H20ClNO. The van der Waals surface area contributed by atoms with Crippen molar-refractivity contribution in [3.8, 4) is 0 Å². The lowest BCUT2D eigenvalue weighted by Crippen LogP contribution is -2.28. The van der Waals surface area contributed by atoms with Crippen LogP contribution in [-0.4, -0.2) is 12.5 Å². The van der Waals surface area contributed by atoms with Gasteiger partial charge in [-0.05, 0) is 37.5 Å². The number of hydrogen-bond acceptors (Lipinski definition) is 1. The lowest BCUT2D eigenvalue weighted by Gasteiger charge is -2.14. The van der Waals surface area contributed by atoms with E-state index in [4.69, 9.17) is 11.6 Å². The van der Waals surface area contributed by atoms with Gasteiger partial charge in [0.1, 0.15) is 0 Å². The summed E-state index contributed by atoms with van der Waals surface area (Å²) in [6, 6.07) is 13.8. The van der Waals surface area contributed by atoms with E-state index in [1.165, 1.54) is 5.56 Å². The third kappa shape index (κ3) is 3.85. The Bertz CT molecular complexity index is 614. The Kier molecular flexibility index (Phi) is 5.03. The van der Waals surface area contributed by atoms with Crippen LogP contribution in [0.5, 0.6) is 0 Å². The number of amides is 1. The first-order valence-corrected chi connectivity index (χ1v) is 7.47. The number of nitrogens with one attached hydrogen (secondary N) is 1. The molecule has 0 saturated heterocycles. The molecule has 1 amide bonds. The number of aryl methyl sites for hydroxylation is 3. The van der Waals surface area contributed by atoms with Crippen LogP contribution in [0.1, 0.15) is 38.0 Å². The Hall–Kier alpha value is -1.80. The fourth-order valence-corrected chi connectivity index (χ4v) is 2.81. The highest BCUT2D eigenvalue weighted by atomic mass is 35.5. The summed E-state index contributed by atoms with van der Waals surface area (Å²) in [5, 5.41) is 2.71.